The SMILES string of the molecule is C[Si](=[Zr])CCCCCCOC(C)(C)C. The van der Waals surface area contributed by atoms with Gasteiger partial charge < -0.3 is 0 Å². The van der Waals surface area contributed by atoms with Gasteiger partial charge in [-0.2, -0.15) is 0 Å². The van der Waals surface area contributed by atoms with Crippen LogP contribution in [0.5, 0.6) is 0 Å². The molecule has 0 saturated heterocycles. The standard InChI is InChI=1S/C11H24OSi.Zr/c1-11(2,3)12-9-7-5-6-8-10-13-4;/h5-10H2,1-4H3;. The molecule has 0 atom stereocenters. The van der Waals surface area contributed by atoms with Crippen molar-refractivity contribution in [1.29, 1.82) is 0 Å². The topological polar surface area (TPSA) is 9.23 Å². The van der Waals surface area contributed by atoms with E-state index in [-0.39, 0.29) is 11.0 Å². The van der Waals surface area contributed by atoms with Gasteiger partial charge >= 0.3 is 105 Å². The first-order valence-electron chi connectivity index (χ1n) is 5.60. The summed E-state index contributed by atoms with van der Waals surface area (Å²) in [6.07, 6.45) is 5.44. The summed E-state index contributed by atoms with van der Waals surface area (Å²) >= 11 is 1.79. The minimum atomic E-state index is 0.0482. The van der Waals surface area contributed by atoms with Crippen molar-refractivity contribution < 1.29 is 28.1 Å². The first kappa shape index (κ1) is 15.1. The Morgan fingerprint density at radius 1 is 1.07 bits per heavy atom. The molecule has 14 heavy (non-hydrogen) atoms. The molecule has 0 rings (SSSR count). The van der Waals surface area contributed by atoms with Gasteiger partial charge in [-0.1, -0.05) is 0 Å². The number of unbranched alkanes of at least 4 members (excludes halogenated alkanes) is 3. The summed E-state index contributed by atoms with van der Waals surface area (Å²) in [7, 11) is 0. The maximum atomic E-state index is 5.67. The van der Waals surface area contributed by atoms with Gasteiger partial charge in [0.25, 0.3) is 0 Å². The third-order valence-corrected chi connectivity index (χ3v) is 4.93. The van der Waals surface area contributed by atoms with Crippen molar-refractivity contribution in [3.63, 3.8) is 0 Å². The molecule has 0 aromatic heterocycles. The van der Waals surface area contributed by atoms with Crippen LogP contribution in [-0.2, 0) is 28.1 Å². The molecular weight excluding hydrogens is 267 g/mol. The molecule has 0 radical (unpaired) electrons. The zero-order valence-corrected chi connectivity index (χ0v) is 13.6. The molecule has 0 aromatic carbocycles. The first-order chi connectivity index (χ1) is 6.42. The van der Waals surface area contributed by atoms with Gasteiger partial charge in [0.05, 0.1) is 0 Å². The molecule has 0 N–H and O–H groups in total. The Kier molecular flexibility index (Phi) is 8.86. The second kappa shape index (κ2) is 8.24. The Hall–Kier alpha value is 1.06. The van der Waals surface area contributed by atoms with E-state index in [9.17, 15) is 0 Å². The van der Waals surface area contributed by atoms with Gasteiger partial charge in [0, 0.05) is 0 Å². The average Bonchev–Trinajstić information content (AvgIpc) is 2.00. The quantitative estimate of drug-likeness (QED) is 0.515. The van der Waals surface area contributed by atoms with Gasteiger partial charge in [-0.25, -0.2) is 0 Å². The molecule has 0 spiro atoms. The van der Waals surface area contributed by atoms with E-state index in [0.29, 0.717) is 0 Å². The second-order valence-electron chi connectivity index (χ2n) is 4.91. The van der Waals surface area contributed by atoms with E-state index in [4.69, 9.17) is 4.74 Å². The van der Waals surface area contributed by atoms with Gasteiger partial charge in [0.15, 0.2) is 0 Å². The Balaban J connectivity index is 3.11. The van der Waals surface area contributed by atoms with Crippen molar-refractivity contribution in [3.05, 3.63) is 0 Å². The third kappa shape index (κ3) is 13.1. The molecule has 3 heteroatoms. The fourth-order valence-electron chi connectivity index (χ4n) is 1.22. The Labute approximate surface area is 104 Å². The maximum absolute atomic E-state index is 5.67. The number of ether oxygens (including phenoxy) is 1. The van der Waals surface area contributed by atoms with Gasteiger partial charge in [-0.3, -0.25) is 0 Å². The van der Waals surface area contributed by atoms with Crippen molar-refractivity contribution in [1.82, 2.24) is 0 Å². The van der Waals surface area contributed by atoms with E-state index >= 15 is 0 Å². The van der Waals surface area contributed by atoms with Crippen LogP contribution in [0.1, 0.15) is 46.5 Å². The second-order valence-corrected chi connectivity index (χ2v) is 13.3. The van der Waals surface area contributed by atoms with E-state index in [1.165, 1.54) is 31.7 Å². The third-order valence-electron chi connectivity index (χ3n) is 1.98. The van der Waals surface area contributed by atoms with Gasteiger partial charge in [-0.15, -0.1) is 0 Å². The van der Waals surface area contributed by atoms with Gasteiger partial charge in [-0.05, 0) is 0 Å². The van der Waals surface area contributed by atoms with Crippen LogP contribution in [-0.4, -0.2) is 17.6 Å². The van der Waals surface area contributed by atoms with E-state index in [1.54, 1.807) is 23.3 Å². The van der Waals surface area contributed by atoms with Crippen molar-refractivity contribution >= 4 is 5.43 Å². The molecule has 0 saturated carbocycles. The predicted molar refractivity (Wildman–Crippen MR) is 60.6 cm³/mol. The van der Waals surface area contributed by atoms with E-state index in [0.717, 1.165) is 6.61 Å². The van der Waals surface area contributed by atoms with Crippen LogP contribution in [0, 0.1) is 0 Å². The summed E-state index contributed by atoms with van der Waals surface area (Å²) in [5.74, 6) is 0. The van der Waals surface area contributed by atoms with Crippen LogP contribution in [0.25, 0.3) is 0 Å². The molecular formula is C11H24OSiZr. The Morgan fingerprint density at radius 2 is 1.64 bits per heavy atom. The van der Waals surface area contributed by atoms with Crippen LogP contribution in [0.3, 0.4) is 0 Å². The Bertz CT molecular complexity index is 163. The molecule has 0 unspecified atom stereocenters. The predicted octanol–water partition coefficient (Wildman–Crippen LogP) is 3.53. The van der Waals surface area contributed by atoms with Crippen LogP contribution in [0.15, 0.2) is 0 Å². The van der Waals surface area contributed by atoms with Crippen molar-refractivity contribution in [3.8, 4) is 0 Å². The molecule has 0 amide bonds. The van der Waals surface area contributed by atoms with Gasteiger partial charge in [0.2, 0.25) is 0 Å². The number of hydrogen-bond acceptors (Lipinski definition) is 1. The van der Waals surface area contributed by atoms with E-state index < -0.39 is 0 Å². The summed E-state index contributed by atoms with van der Waals surface area (Å²) in [4.78, 5) is 0. The van der Waals surface area contributed by atoms with Crippen LogP contribution < -0.4 is 0 Å². The van der Waals surface area contributed by atoms with E-state index in [1.807, 2.05) is 0 Å². The van der Waals surface area contributed by atoms with Crippen molar-refractivity contribution in [2.75, 3.05) is 6.61 Å². The van der Waals surface area contributed by atoms with E-state index in [2.05, 4.69) is 27.3 Å². The van der Waals surface area contributed by atoms with Crippen LogP contribution >= 0.6 is 0 Å². The molecule has 0 aliphatic carbocycles. The minimum absolute atomic E-state index is 0.0482. The molecule has 1 nitrogen and oxygen atoms in total. The fourth-order valence-corrected chi connectivity index (χ4v) is 3.31. The van der Waals surface area contributed by atoms with Gasteiger partial charge in [0.1, 0.15) is 0 Å². The monoisotopic (exact) mass is 290 g/mol. The van der Waals surface area contributed by atoms with Crippen LogP contribution in [0.2, 0.25) is 12.6 Å². The molecule has 0 aliphatic heterocycles. The normalized spacial score (nSPS) is 11.6. The molecule has 0 aromatic rings. The van der Waals surface area contributed by atoms with Crippen LogP contribution in [0.4, 0.5) is 0 Å². The van der Waals surface area contributed by atoms with Crippen molar-refractivity contribution in [2.24, 2.45) is 0 Å². The molecule has 0 bridgehead atoms. The summed E-state index contributed by atoms with van der Waals surface area (Å²) in [6.45, 7) is 9.74. The summed E-state index contributed by atoms with van der Waals surface area (Å²) < 4.78 is 5.67. The molecule has 0 fully saturated rings. The first-order valence-corrected chi connectivity index (χ1v) is 11.5. The zero-order chi connectivity index (χ0) is 11.0. The average molecular weight is 292 g/mol. The molecule has 0 aliphatic rings. The van der Waals surface area contributed by atoms with Crippen molar-refractivity contribution in [2.45, 2.75) is 64.6 Å². The summed E-state index contributed by atoms with van der Waals surface area (Å²) in [5.41, 5.74) is 0.157. The summed E-state index contributed by atoms with van der Waals surface area (Å²) in [6, 6.07) is 1.52. The molecule has 0 heterocycles. The number of hydrogen-bond donors (Lipinski definition) is 0. The summed E-state index contributed by atoms with van der Waals surface area (Å²) in [5, 5.41) is 0. The molecule has 82 valence electrons. The Morgan fingerprint density at radius 3 is 2.14 bits per heavy atom. The fraction of sp³-hybridized carbons (Fsp3) is 1.00. The number of rotatable bonds is 7. The zero-order valence-electron chi connectivity index (χ0n) is 10.2.